The number of fused-ring (bicyclic) bond motifs is 1. The van der Waals surface area contributed by atoms with Crippen LogP contribution in [0.4, 0.5) is 0 Å². The van der Waals surface area contributed by atoms with E-state index < -0.39 is 0 Å². The molecular weight excluding hydrogens is 410 g/mol. The molecule has 1 amide bonds. The number of nitriles is 1. The van der Waals surface area contributed by atoms with E-state index in [-0.39, 0.29) is 11.7 Å². The normalized spacial score (nSPS) is 18.7. The fraction of sp³-hybridized carbons (Fsp3) is 0.393. The number of carbonyl (C=O) groups excluding carboxylic acids is 2. The summed E-state index contributed by atoms with van der Waals surface area (Å²) in [4.78, 5) is 27.8. The SMILES string of the molecule is Cn1cc(C2CCN(C(=O)C3CCCC3)C2)c2cc(CC(=O)c3cccc(C#N)c3)ccc21. The molecule has 0 radical (unpaired) electrons. The number of carbonyl (C=O) groups is 2. The first-order chi connectivity index (χ1) is 16.0. The van der Waals surface area contributed by atoms with Crippen molar-refractivity contribution in [3.63, 3.8) is 0 Å². The number of aryl methyl sites for hydroxylation is 1. The van der Waals surface area contributed by atoms with Gasteiger partial charge in [-0.25, -0.2) is 0 Å². The van der Waals surface area contributed by atoms with Crippen LogP contribution in [-0.4, -0.2) is 34.2 Å². The number of aromatic nitrogens is 1. The molecule has 1 aliphatic heterocycles. The summed E-state index contributed by atoms with van der Waals surface area (Å²) in [6.45, 7) is 1.63. The topological polar surface area (TPSA) is 66.1 Å². The lowest BCUT2D eigenvalue weighted by Crippen LogP contribution is -2.33. The number of hydrogen-bond acceptors (Lipinski definition) is 3. The lowest BCUT2D eigenvalue weighted by atomic mass is 9.95. The first-order valence-electron chi connectivity index (χ1n) is 11.9. The second-order valence-electron chi connectivity index (χ2n) is 9.59. The minimum absolute atomic E-state index is 0.0122. The van der Waals surface area contributed by atoms with Crippen LogP contribution in [0.1, 0.15) is 65.1 Å². The zero-order valence-electron chi connectivity index (χ0n) is 19.1. The molecule has 1 atom stereocenters. The molecule has 2 heterocycles. The van der Waals surface area contributed by atoms with Crippen LogP contribution in [0, 0.1) is 17.2 Å². The minimum Gasteiger partial charge on any atom is -0.350 e. The van der Waals surface area contributed by atoms with Crippen molar-refractivity contribution in [2.75, 3.05) is 13.1 Å². The van der Waals surface area contributed by atoms with Crippen molar-refractivity contribution in [1.29, 1.82) is 5.26 Å². The minimum atomic E-state index is 0.0122. The van der Waals surface area contributed by atoms with Crippen LogP contribution < -0.4 is 0 Å². The van der Waals surface area contributed by atoms with Gasteiger partial charge in [-0.1, -0.05) is 31.0 Å². The van der Waals surface area contributed by atoms with E-state index in [0.29, 0.717) is 29.4 Å². The maximum atomic E-state index is 12.9. The van der Waals surface area contributed by atoms with Gasteiger partial charge in [-0.2, -0.15) is 5.26 Å². The number of benzene rings is 2. The van der Waals surface area contributed by atoms with Gasteiger partial charge >= 0.3 is 0 Å². The number of ketones is 1. The van der Waals surface area contributed by atoms with Crippen LogP contribution >= 0.6 is 0 Å². The van der Waals surface area contributed by atoms with Crippen LogP contribution in [0.2, 0.25) is 0 Å². The van der Waals surface area contributed by atoms with Gasteiger partial charge < -0.3 is 9.47 Å². The molecule has 168 valence electrons. The third kappa shape index (κ3) is 4.18. The van der Waals surface area contributed by atoms with Crippen molar-refractivity contribution < 1.29 is 9.59 Å². The monoisotopic (exact) mass is 439 g/mol. The largest absolute Gasteiger partial charge is 0.350 e. The van der Waals surface area contributed by atoms with E-state index in [9.17, 15) is 9.59 Å². The number of rotatable bonds is 5. The summed E-state index contributed by atoms with van der Waals surface area (Å²) in [6.07, 6.45) is 7.93. The molecule has 3 aromatic rings. The van der Waals surface area contributed by atoms with Crippen molar-refractivity contribution in [3.05, 3.63) is 70.9 Å². The second-order valence-corrected chi connectivity index (χ2v) is 9.59. The summed E-state index contributed by atoms with van der Waals surface area (Å²) in [6, 6.07) is 15.2. The third-order valence-corrected chi connectivity index (χ3v) is 7.41. The Kier molecular flexibility index (Phi) is 5.76. The highest BCUT2D eigenvalue weighted by molar-refractivity contribution is 5.98. The average Bonchev–Trinajstić information content (AvgIpc) is 3.59. The number of Topliss-reactive ketones (excluding diaryl/α,β-unsaturated/α-hetero) is 1. The molecule has 1 saturated carbocycles. The summed E-state index contributed by atoms with van der Waals surface area (Å²) in [5.74, 6) is 0.921. The van der Waals surface area contributed by atoms with Crippen molar-refractivity contribution >= 4 is 22.6 Å². The molecule has 2 fully saturated rings. The molecule has 1 unspecified atom stereocenters. The molecule has 1 saturated heterocycles. The molecule has 5 nitrogen and oxygen atoms in total. The maximum absolute atomic E-state index is 12.9. The Hall–Kier alpha value is -3.39. The van der Waals surface area contributed by atoms with Crippen molar-refractivity contribution in [2.24, 2.45) is 13.0 Å². The van der Waals surface area contributed by atoms with E-state index in [2.05, 4.69) is 40.9 Å². The lowest BCUT2D eigenvalue weighted by Gasteiger charge is -2.20. The summed E-state index contributed by atoms with van der Waals surface area (Å²) in [5, 5.41) is 10.3. The van der Waals surface area contributed by atoms with Crippen LogP contribution in [0.15, 0.2) is 48.7 Å². The predicted molar refractivity (Wildman–Crippen MR) is 128 cm³/mol. The quantitative estimate of drug-likeness (QED) is 0.527. The molecule has 1 aliphatic carbocycles. The first kappa shape index (κ1) is 21.5. The Balaban J connectivity index is 1.37. The van der Waals surface area contributed by atoms with Crippen molar-refractivity contribution in [3.8, 4) is 6.07 Å². The number of nitrogens with zero attached hydrogens (tertiary/aromatic N) is 3. The highest BCUT2D eigenvalue weighted by Gasteiger charge is 2.33. The Labute approximate surface area is 194 Å². The Bertz CT molecular complexity index is 1260. The molecule has 5 rings (SSSR count). The number of amides is 1. The van der Waals surface area contributed by atoms with Crippen LogP contribution in [-0.2, 0) is 18.3 Å². The molecular formula is C28H29N3O2. The van der Waals surface area contributed by atoms with E-state index >= 15 is 0 Å². The van der Waals surface area contributed by atoms with E-state index in [1.165, 1.54) is 23.8 Å². The molecule has 0 N–H and O–H groups in total. The van der Waals surface area contributed by atoms with Crippen molar-refractivity contribution in [1.82, 2.24) is 9.47 Å². The summed E-state index contributed by atoms with van der Waals surface area (Å²) >= 11 is 0. The Morgan fingerprint density at radius 1 is 1.09 bits per heavy atom. The Morgan fingerprint density at radius 2 is 1.91 bits per heavy atom. The zero-order chi connectivity index (χ0) is 22.9. The van der Waals surface area contributed by atoms with Gasteiger partial charge in [-0.15, -0.1) is 0 Å². The molecule has 2 aromatic carbocycles. The molecule has 2 aliphatic rings. The number of hydrogen-bond donors (Lipinski definition) is 0. The number of likely N-dealkylation sites (tertiary alicyclic amines) is 1. The lowest BCUT2D eigenvalue weighted by molar-refractivity contribution is -0.134. The molecule has 1 aromatic heterocycles. The maximum Gasteiger partial charge on any atom is 0.225 e. The van der Waals surface area contributed by atoms with Gasteiger partial charge in [0.2, 0.25) is 5.91 Å². The molecule has 0 bridgehead atoms. The van der Waals surface area contributed by atoms with E-state index in [4.69, 9.17) is 5.26 Å². The van der Waals surface area contributed by atoms with E-state index in [1.807, 2.05) is 6.07 Å². The van der Waals surface area contributed by atoms with Gasteiger partial charge in [-0.3, -0.25) is 9.59 Å². The summed E-state index contributed by atoms with van der Waals surface area (Å²) in [7, 11) is 2.06. The standard InChI is InChI=1S/C28H29N3O2/c1-30-18-25(23-11-12-31(17-23)28(33)21-6-2-3-7-21)24-14-19(9-10-26(24)30)15-27(32)22-8-4-5-20(13-22)16-29/h4-5,8-10,13-14,18,21,23H,2-3,6-7,11-12,15,17H2,1H3. The van der Waals surface area contributed by atoms with Gasteiger partial charge in [0.1, 0.15) is 0 Å². The van der Waals surface area contributed by atoms with Crippen LogP contribution in [0.5, 0.6) is 0 Å². The molecule has 33 heavy (non-hydrogen) atoms. The highest BCUT2D eigenvalue weighted by Crippen LogP contribution is 2.36. The highest BCUT2D eigenvalue weighted by atomic mass is 16.2. The molecule has 0 spiro atoms. The van der Waals surface area contributed by atoms with Gasteiger partial charge in [-0.05, 0) is 54.7 Å². The first-order valence-corrected chi connectivity index (χ1v) is 11.9. The van der Waals surface area contributed by atoms with Gasteiger partial charge in [0.15, 0.2) is 5.78 Å². The molecule has 5 heteroatoms. The van der Waals surface area contributed by atoms with Crippen molar-refractivity contribution in [2.45, 2.75) is 44.4 Å². The fourth-order valence-corrected chi connectivity index (χ4v) is 5.60. The van der Waals surface area contributed by atoms with Crippen LogP contribution in [0.3, 0.4) is 0 Å². The summed E-state index contributed by atoms with van der Waals surface area (Å²) < 4.78 is 2.15. The zero-order valence-corrected chi connectivity index (χ0v) is 19.1. The second kappa shape index (κ2) is 8.86. The van der Waals surface area contributed by atoms with Gasteiger partial charge in [0.05, 0.1) is 11.6 Å². The Morgan fingerprint density at radius 3 is 2.70 bits per heavy atom. The van der Waals surface area contributed by atoms with E-state index in [0.717, 1.165) is 43.4 Å². The average molecular weight is 440 g/mol. The third-order valence-electron chi connectivity index (χ3n) is 7.41. The smallest absolute Gasteiger partial charge is 0.225 e. The predicted octanol–water partition coefficient (Wildman–Crippen LogP) is 4.98. The fourth-order valence-electron chi connectivity index (χ4n) is 5.60. The van der Waals surface area contributed by atoms with E-state index in [1.54, 1.807) is 24.3 Å². The van der Waals surface area contributed by atoms with Gasteiger partial charge in [0, 0.05) is 61.1 Å². The summed E-state index contributed by atoms with van der Waals surface area (Å²) in [5.41, 5.74) is 4.46. The van der Waals surface area contributed by atoms with Gasteiger partial charge in [0.25, 0.3) is 0 Å². The van der Waals surface area contributed by atoms with Crippen LogP contribution in [0.25, 0.3) is 10.9 Å².